The number of carbonyl (C=O) groups is 2. The Bertz CT molecular complexity index is 1140. The summed E-state index contributed by atoms with van der Waals surface area (Å²) in [6, 6.07) is 11.4. The van der Waals surface area contributed by atoms with Crippen molar-refractivity contribution in [1.29, 1.82) is 0 Å². The summed E-state index contributed by atoms with van der Waals surface area (Å²) in [6.07, 6.45) is -3.19. The molecule has 2 heterocycles. The zero-order chi connectivity index (χ0) is 22.2. The minimum atomic E-state index is -4.82. The summed E-state index contributed by atoms with van der Waals surface area (Å²) in [7, 11) is 1.78. The van der Waals surface area contributed by atoms with E-state index in [-0.39, 0.29) is 18.8 Å². The number of anilines is 2. The van der Waals surface area contributed by atoms with E-state index in [0.29, 0.717) is 0 Å². The van der Waals surface area contributed by atoms with Crippen LogP contribution in [0.2, 0.25) is 0 Å². The monoisotopic (exact) mass is 430 g/mol. The molecular formula is C21H17F3N4O3. The predicted octanol–water partition coefficient (Wildman–Crippen LogP) is 4.14. The Kier molecular flexibility index (Phi) is 5.14. The van der Waals surface area contributed by atoms with Crippen molar-refractivity contribution in [2.75, 3.05) is 23.8 Å². The molecule has 0 spiro atoms. The van der Waals surface area contributed by atoms with E-state index in [1.54, 1.807) is 19.3 Å². The van der Waals surface area contributed by atoms with E-state index in [0.717, 1.165) is 39.2 Å². The van der Waals surface area contributed by atoms with E-state index < -0.39 is 24.1 Å². The quantitative estimate of drug-likeness (QED) is 0.616. The number of alkyl halides is 3. The summed E-state index contributed by atoms with van der Waals surface area (Å²) in [5, 5.41) is 3.95. The maximum atomic E-state index is 12.9. The van der Waals surface area contributed by atoms with Gasteiger partial charge in [-0.2, -0.15) is 0 Å². The number of hydrogen-bond acceptors (Lipinski definition) is 5. The minimum absolute atomic E-state index is 0.148. The van der Waals surface area contributed by atoms with E-state index in [4.69, 9.17) is 0 Å². The molecule has 4 rings (SSSR count). The number of imide groups is 1. The van der Waals surface area contributed by atoms with Gasteiger partial charge in [-0.25, -0.2) is 9.69 Å². The summed E-state index contributed by atoms with van der Waals surface area (Å²) >= 11 is 0. The number of hydrogen-bond donors (Lipinski definition) is 1. The lowest BCUT2D eigenvalue weighted by atomic mass is 10.1. The molecule has 160 valence electrons. The Labute approximate surface area is 175 Å². The van der Waals surface area contributed by atoms with Crippen LogP contribution in [0.4, 0.5) is 29.3 Å². The Morgan fingerprint density at radius 2 is 1.84 bits per heavy atom. The van der Waals surface area contributed by atoms with Gasteiger partial charge in [0.15, 0.2) is 0 Å². The van der Waals surface area contributed by atoms with Crippen molar-refractivity contribution in [2.45, 2.75) is 12.9 Å². The molecule has 0 bridgehead atoms. The molecule has 3 aromatic rings. The van der Waals surface area contributed by atoms with Crippen LogP contribution >= 0.6 is 0 Å². The van der Waals surface area contributed by atoms with Crippen LogP contribution in [0, 0.1) is 0 Å². The van der Waals surface area contributed by atoms with Crippen molar-refractivity contribution in [3.05, 3.63) is 60.3 Å². The van der Waals surface area contributed by atoms with Crippen LogP contribution in [0.1, 0.15) is 5.56 Å². The van der Waals surface area contributed by atoms with E-state index >= 15 is 0 Å². The number of nitrogens with zero attached hydrogens (tertiary/aromatic N) is 3. The largest absolute Gasteiger partial charge is 0.573 e. The third-order valence-electron chi connectivity index (χ3n) is 4.85. The molecule has 1 saturated heterocycles. The van der Waals surface area contributed by atoms with Crippen LogP contribution < -0.4 is 15.0 Å². The van der Waals surface area contributed by atoms with Crippen molar-refractivity contribution >= 4 is 34.2 Å². The number of urea groups is 1. The molecule has 3 amide bonds. The van der Waals surface area contributed by atoms with Gasteiger partial charge in [0.05, 0.1) is 11.2 Å². The molecule has 1 aliphatic rings. The van der Waals surface area contributed by atoms with Gasteiger partial charge in [-0.05, 0) is 48.0 Å². The van der Waals surface area contributed by atoms with Gasteiger partial charge in [0, 0.05) is 30.9 Å². The molecule has 0 saturated carbocycles. The van der Waals surface area contributed by atoms with Crippen molar-refractivity contribution in [1.82, 2.24) is 9.88 Å². The molecule has 1 aromatic heterocycles. The second-order valence-corrected chi connectivity index (χ2v) is 6.83. The lowest BCUT2D eigenvalue weighted by molar-refractivity contribution is -0.274. The third-order valence-corrected chi connectivity index (χ3v) is 4.85. The number of aromatic nitrogens is 1. The van der Waals surface area contributed by atoms with Crippen molar-refractivity contribution < 1.29 is 27.5 Å². The maximum absolute atomic E-state index is 12.9. The minimum Gasteiger partial charge on any atom is -0.406 e. The number of fused-ring (bicyclic) bond motifs is 1. The third kappa shape index (κ3) is 4.09. The van der Waals surface area contributed by atoms with Gasteiger partial charge in [-0.1, -0.05) is 6.07 Å². The Hall–Kier alpha value is -3.82. The van der Waals surface area contributed by atoms with E-state index in [1.807, 2.05) is 18.2 Å². The van der Waals surface area contributed by atoms with Crippen LogP contribution in [0.5, 0.6) is 5.75 Å². The number of amides is 3. The maximum Gasteiger partial charge on any atom is 0.573 e. The fraction of sp³-hybridized carbons (Fsp3) is 0.190. The standard InChI is InChI=1S/C21H17F3N4O3/c1-25-16-3-2-4-17-19(16)13(9-10-26-17)11-27-12-18(29)28(20(27)30)14-5-7-15(8-6-14)31-21(22,23)24/h2-10,25H,11-12H2,1H3. The summed E-state index contributed by atoms with van der Waals surface area (Å²) < 4.78 is 40.8. The van der Waals surface area contributed by atoms with Crippen LogP contribution in [0.15, 0.2) is 54.7 Å². The molecule has 31 heavy (non-hydrogen) atoms. The van der Waals surface area contributed by atoms with Gasteiger partial charge in [0.2, 0.25) is 0 Å². The Morgan fingerprint density at radius 3 is 2.52 bits per heavy atom. The molecule has 1 N–H and O–H groups in total. The average Bonchev–Trinajstić information content (AvgIpc) is 3.00. The van der Waals surface area contributed by atoms with Crippen LogP contribution in [-0.4, -0.2) is 41.8 Å². The summed E-state index contributed by atoms with van der Waals surface area (Å²) in [6.45, 7) is 0.0270. The highest BCUT2D eigenvalue weighted by molar-refractivity contribution is 6.19. The van der Waals surface area contributed by atoms with Gasteiger partial charge in [0.25, 0.3) is 5.91 Å². The molecule has 2 aromatic carbocycles. The van der Waals surface area contributed by atoms with E-state index in [9.17, 15) is 22.8 Å². The highest BCUT2D eigenvalue weighted by Crippen LogP contribution is 2.30. The van der Waals surface area contributed by atoms with Crippen LogP contribution in [-0.2, 0) is 11.3 Å². The number of benzene rings is 2. The molecule has 1 fully saturated rings. The highest BCUT2D eigenvalue weighted by atomic mass is 19.4. The number of halogens is 3. The molecular weight excluding hydrogens is 413 g/mol. The zero-order valence-electron chi connectivity index (χ0n) is 16.3. The number of carbonyl (C=O) groups excluding carboxylic acids is 2. The Morgan fingerprint density at radius 1 is 1.10 bits per heavy atom. The molecule has 0 radical (unpaired) electrons. The van der Waals surface area contributed by atoms with Crippen molar-refractivity contribution in [2.24, 2.45) is 0 Å². The average molecular weight is 430 g/mol. The van der Waals surface area contributed by atoms with Gasteiger partial charge in [-0.3, -0.25) is 9.78 Å². The first-order chi connectivity index (χ1) is 14.8. The molecule has 10 heteroatoms. The lowest BCUT2D eigenvalue weighted by Gasteiger charge is -2.19. The van der Waals surface area contributed by atoms with Gasteiger partial charge >= 0.3 is 12.4 Å². The predicted molar refractivity (Wildman–Crippen MR) is 108 cm³/mol. The molecule has 0 atom stereocenters. The molecule has 1 aliphatic heterocycles. The Balaban J connectivity index is 1.58. The lowest BCUT2D eigenvalue weighted by Crippen LogP contribution is -2.32. The van der Waals surface area contributed by atoms with Crippen LogP contribution in [0.25, 0.3) is 10.9 Å². The number of pyridine rings is 1. The van der Waals surface area contributed by atoms with Crippen molar-refractivity contribution in [3.8, 4) is 5.75 Å². The zero-order valence-corrected chi connectivity index (χ0v) is 16.3. The number of nitrogens with one attached hydrogen (secondary N) is 1. The van der Waals surface area contributed by atoms with Gasteiger partial charge in [-0.15, -0.1) is 13.2 Å². The first-order valence-electron chi connectivity index (χ1n) is 9.29. The van der Waals surface area contributed by atoms with Crippen molar-refractivity contribution in [3.63, 3.8) is 0 Å². The fourth-order valence-corrected chi connectivity index (χ4v) is 3.55. The summed E-state index contributed by atoms with van der Waals surface area (Å²) in [5.74, 6) is -0.906. The van der Waals surface area contributed by atoms with Gasteiger partial charge in [0.1, 0.15) is 12.3 Å². The van der Waals surface area contributed by atoms with E-state index in [2.05, 4.69) is 15.0 Å². The first-order valence-corrected chi connectivity index (χ1v) is 9.29. The number of ether oxygens (including phenoxy) is 1. The fourth-order valence-electron chi connectivity index (χ4n) is 3.55. The molecule has 7 nitrogen and oxygen atoms in total. The first kappa shape index (κ1) is 20.5. The number of rotatable bonds is 5. The van der Waals surface area contributed by atoms with Crippen LogP contribution in [0.3, 0.4) is 0 Å². The van der Waals surface area contributed by atoms with E-state index in [1.165, 1.54) is 17.0 Å². The molecule has 0 aliphatic carbocycles. The second-order valence-electron chi connectivity index (χ2n) is 6.83. The SMILES string of the molecule is CNc1cccc2nccc(CN3CC(=O)N(c4ccc(OC(F)(F)F)cc4)C3=O)c12. The van der Waals surface area contributed by atoms with Gasteiger partial charge < -0.3 is 15.0 Å². The normalized spacial score (nSPS) is 14.5. The summed E-state index contributed by atoms with van der Waals surface area (Å²) in [5.41, 5.74) is 2.57. The molecule has 0 unspecified atom stereocenters. The second kappa shape index (κ2) is 7.78. The smallest absolute Gasteiger partial charge is 0.406 e. The highest BCUT2D eigenvalue weighted by Gasteiger charge is 2.37. The summed E-state index contributed by atoms with van der Waals surface area (Å²) in [4.78, 5) is 32.1. The topological polar surface area (TPSA) is 74.8 Å².